The third kappa shape index (κ3) is 2.71. The van der Waals surface area contributed by atoms with Gasteiger partial charge < -0.3 is 9.84 Å². The molecular formula is C13H9ClFNO4. The molecule has 0 amide bonds. The van der Waals surface area contributed by atoms with Crippen LogP contribution in [0.25, 0.3) is 0 Å². The molecular weight excluding hydrogens is 289 g/mol. The number of aliphatic hydroxyl groups excluding tert-OH is 1. The molecule has 0 unspecified atom stereocenters. The van der Waals surface area contributed by atoms with E-state index >= 15 is 0 Å². The van der Waals surface area contributed by atoms with Crippen LogP contribution >= 0.6 is 11.6 Å². The van der Waals surface area contributed by atoms with Gasteiger partial charge in [0.25, 0.3) is 0 Å². The predicted molar refractivity (Wildman–Crippen MR) is 70.5 cm³/mol. The van der Waals surface area contributed by atoms with Gasteiger partial charge in [-0.25, -0.2) is 4.39 Å². The minimum atomic E-state index is -0.667. The first-order valence-electron chi connectivity index (χ1n) is 5.53. The van der Waals surface area contributed by atoms with Crippen molar-refractivity contribution in [2.75, 3.05) is 0 Å². The molecule has 0 aliphatic heterocycles. The highest BCUT2D eigenvalue weighted by atomic mass is 35.5. The highest BCUT2D eigenvalue weighted by molar-refractivity contribution is 6.32. The van der Waals surface area contributed by atoms with Crippen molar-refractivity contribution in [3.05, 3.63) is 62.9 Å². The third-order valence-corrected chi connectivity index (χ3v) is 2.89. The van der Waals surface area contributed by atoms with Gasteiger partial charge in [-0.1, -0.05) is 23.7 Å². The van der Waals surface area contributed by atoms with E-state index in [4.69, 9.17) is 21.4 Å². The molecule has 0 atom stereocenters. The Bertz CT molecular complexity index is 663. The summed E-state index contributed by atoms with van der Waals surface area (Å²) in [6, 6.07) is 7.96. The Balaban J connectivity index is 2.50. The zero-order valence-electron chi connectivity index (χ0n) is 10.0. The average molecular weight is 298 g/mol. The number of para-hydroxylation sites is 1. The van der Waals surface area contributed by atoms with E-state index in [1.165, 1.54) is 30.3 Å². The first-order chi connectivity index (χ1) is 9.54. The molecule has 0 aliphatic rings. The molecule has 0 heterocycles. The van der Waals surface area contributed by atoms with Crippen molar-refractivity contribution in [2.24, 2.45) is 0 Å². The Hall–Kier alpha value is -2.18. The number of rotatable bonds is 4. The summed E-state index contributed by atoms with van der Waals surface area (Å²) in [4.78, 5) is 10.3. The van der Waals surface area contributed by atoms with Crippen LogP contribution < -0.4 is 4.74 Å². The largest absolute Gasteiger partial charge is 0.448 e. The molecule has 0 saturated heterocycles. The van der Waals surface area contributed by atoms with E-state index < -0.39 is 17.3 Å². The number of aliphatic hydroxyl groups is 1. The van der Waals surface area contributed by atoms with Gasteiger partial charge in [-0.2, -0.15) is 0 Å². The van der Waals surface area contributed by atoms with Crippen molar-refractivity contribution in [3.8, 4) is 11.5 Å². The standard InChI is InChI=1S/C13H9ClFNO4/c14-9-3-1-5-11(16(18)19)13(9)20-12-6-2-4-10(15)8(12)7-17/h1-6,17H,7H2. The van der Waals surface area contributed by atoms with E-state index in [-0.39, 0.29) is 27.8 Å². The predicted octanol–water partition coefficient (Wildman–Crippen LogP) is 3.67. The van der Waals surface area contributed by atoms with Gasteiger partial charge in [0, 0.05) is 6.07 Å². The molecule has 5 nitrogen and oxygen atoms in total. The highest BCUT2D eigenvalue weighted by Crippen LogP contribution is 2.39. The number of hydrogen-bond acceptors (Lipinski definition) is 4. The maximum Gasteiger partial charge on any atom is 0.313 e. The fourth-order valence-electron chi connectivity index (χ4n) is 1.64. The molecule has 2 aromatic carbocycles. The molecule has 0 saturated carbocycles. The summed E-state index contributed by atoms with van der Waals surface area (Å²) < 4.78 is 18.8. The summed E-state index contributed by atoms with van der Waals surface area (Å²) in [5, 5.41) is 20.1. The molecule has 0 aromatic heterocycles. The number of ether oxygens (including phenoxy) is 1. The van der Waals surface area contributed by atoms with Crippen LogP contribution in [0.3, 0.4) is 0 Å². The van der Waals surface area contributed by atoms with Gasteiger partial charge in [0.15, 0.2) is 0 Å². The molecule has 2 aromatic rings. The molecule has 20 heavy (non-hydrogen) atoms. The second-order valence-electron chi connectivity index (χ2n) is 3.82. The quantitative estimate of drug-likeness (QED) is 0.690. The van der Waals surface area contributed by atoms with Crippen LogP contribution in [0.2, 0.25) is 5.02 Å². The lowest BCUT2D eigenvalue weighted by Crippen LogP contribution is -1.98. The maximum absolute atomic E-state index is 13.5. The maximum atomic E-state index is 13.5. The van der Waals surface area contributed by atoms with Gasteiger partial charge in [-0.15, -0.1) is 0 Å². The van der Waals surface area contributed by atoms with Crippen molar-refractivity contribution >= 4 is 17.3 Å². The molecule has 104 valence electrons. The summed E-state index contributed by atoms with van der Waals surface area (Å²) in [6.45, 7) is -0.597. The number of hydrogen-bond donors (Lipinski definition) is 1. The van der Waals surface area contributed by atoms with Crippen LogP contribution in [0.15, 0.2) is 36.4 Å². The lowest BCUT2D eigenvalue weighted by Gasteiger charge is -2.11. The first kappa shape index (κ1) is 14.2. The molecule has 7 heteroatoms. The Kier molecular flexibility index (Phi) is 4.16. The molecule has 0 bridgehead atoms. The minimum absolute atomic E-state index is 0.0207. The van der Waals surface area contributed by atoms with Gasteiger partial charge in [-0.3, -0.25) is 10.1 Å². The zero-order valence-corrected chi connectivity index (χ0v) is 10.8. The second kappa shape index (κ2) is 5.85. The summed E-state index contributed by atoms with van der Waals surface area (Å²) in [5.41, 5.74) is -0.438. The van der Waals surface area contributed by atoms with Crippen LogP contribution in [0, 0.1) is 15.9 Å². The Labute approximate surface area is 118 Å². The summed E-state index contributed by atoms with van der Waals surface area (Å²) in [6.07, 6.45) is 0. The summed E-state index contributed by atoms with van der Waals surface area (Å²) in [5.74, 6) is -0.886. The average Bonchev–Trinajstić information content (AvgIpc) is 2.41. The van der Waals surface area contributed by atoms with Gasteiger partial charge in [0.2, 0.25) is 5.75 Å². The lowest BCUT2D eigenvalue weighted by atomic mass is 10.2. The molecule has 0 radical (unpaired) electrons. The molecule has 0 aliphatic carbocycles. The first-order valence-corrected chi connectivity index (χ1v) is 5.91. The highest BCUT2D eigenvalue weighted by Gasteiger charge is 2.20. The van der Waals surface area contributed by atoms with Gasteiger partial charge in [0.05, 0.1) is 22.1 Å². The number of nitro benzene ring substituents is 1. The third-order valence-electron chi connectivity index (χ3n) is 2.59. The summed E-state index contributed by atoms with van der Waals surface area (Å²) >= 11 is 5.87. The van der Waals surface area contributed by atoms with E-state index in [1.807, 2.05) is 0 Å². The lowest BCUT2D eigenvalue weighted by molar-refractivity contribution is -0.385. The topological polar surface area (TPSA) is 72.6 Å². The van der Waals surface area contributed by atoms with E-state index in [2.05, 4.69) is 0 Å². The fourth-order valence-corrected chi connectivity index (χ4v) is 1.85. The van der Waals surface area contributed by atoms with E-state index in [1.54, 1.807) is 0 Å². The molecule has 2 rings (SSSR count). The van der Waals surface area contributed by atoms with E-state index in [0.29, 0.717) is 0 Å². The van der Waals surface area contributed by atoms with Crippen molar-refractivity contribution < 1.29 is 19.2 Å². The minimum Gasteiger partial charge on any atom is -0.448 e. The van der Waals surface area contributed by atoms with Gasteiger partial charge in [0.1, 0.15) is 11.6 Å². The monoisotopic (exact) mass is 297 g/mol. The number of benzene rings is 2. The number of halogens is 2. The van der Waals surface area contributed by atoms with E-state index in [0.717, 1.165) is 6.07 Å². The Morgan fingerprint density at radius 3 is 2.65 bits per heavy atom. The number of nitro groups is 1. The smallest absolute Gasteiger partial charge is 0.313 e. The van der Waals surface area contributed by atoms with Crippen molar-refractivity contribution in [1.82, 2.24) is 0 Å². The van der Waals surface area contributed by atoms with Crippen LogP contribution in [0.4, 0.5) is 10.1 Å². The van der Waals surface area contributed by atoms with Crippen molar-refractivity contribution in [3.63, 3.8) is 0 Å². The van der Waals surface area contributed by atoms with Crippen LogP contribution in [-0.4, -0.2) is 10.0 Å². The van der Waals surface area contributed by atoms with Crippen LogP contribution in [0.1, 0.15) is 5.56 Å². The Morgan fingerprint density at radius 1 is 1.30 bits per heavy atom. The number of nitrogens with zero attached hydrogens (tertiary/aromatic N) is 1. The summed E-state index contributed by atoms with van der Waals surface area (Å²) in [7, 11) is 0. The van der Waals surface area contributed by atoms with Crippen LogP contribution in [-0.2, 0) is 6.61 Å². The van der Waals surface area contributed by atoms with Crippen molar-refractivity contribution in [2.45, 2.75) is 6.61 Å². The fraction of sp³-hybridized carbons (Fsp3) is 0.0769. The van der Waals surface area contributed by atoms with Crippen LogP contribution in [0.5, 0.6) is 11.5 Å². The van der Waals surface area contributed by atoms with Gasteiger partial charge >= 0.3 is 5.69 Å². The van der Waals surface area contributed by atoms with Gasteiger partial charge in [-0.05, 0) is 18.2 Å². The normalized spacial score (nSPS) is 10.3. The molecule has 1 N–H and O–H groups in total. The van der Waals surface area contributed by atoms with Crippen molar-refractivity contribution in [1.29, 1.82) is 0 Å². The zero-order chi connectivity index (χ0) is 14.7. The second-order valence-corrected chi connectivity index (χ2v) is 4.23. The van der Waals surface area contributed by atoms with E-state index in [9.17, 15) is 14.5 Å². The molecule has 0 fully saturated rings. The SMILES string of the molecule is O=[N+]([O-])c1cccc(Cl)c1Oc1cccc(F)c1CO. The molecule has 0 spiro atoms. The Morgan fingerprint density at radius 2 is 2.00 bits per heavy atom.